The SMILES string of the molecule is CN(C)c1ccc(C(=O)OCC(=O)Nc2ccc(C#N)c(Cl)c2)cc1[N+](=O)[O-]. The molecule has 0 aliphatic carbocycles. The molecule has 2 rings (SSSR count). The normalized spacial score (nSPS) is 9.93. The molecule has 0 saturated heterocycles. The predicted molar refractivity (Wildman–Crippen MR) is 103 cm³/mol. The number of carbonyl (C=O) groups excluding carboxylic acids is 2. The van der Waals surface area contributed by atoms with E-state index in [1.165, 1.54) is 30.3 Å². The van der Waals surface area contributed by atoms with Gasteiger partial charge in [0.1, 0.15) is 11.8 Å². The average molecular weight is 403 g/mol. The smallest absolute Gasteiger partial charge is 0.338 e. The van der Waals surface area contributed by atoms with Crippen LogP contribution in [0.4, 0.5) is 17.1 Å². The van der Waals surface area contributed by atoms with E-state index >= 15 is 0 Å². The summed E-state index contributed by atoms with van der Waals surface area (Å²) >= 11 is 5.88. The first-order valence-electron chi connectivity index (χ1n) is 7.85. The number of ether oxygens (including phenoxy) is 1. The highest BCUT2D eigenvalue weighted by Gasteiger charge is 2.20. The zero-order valence-electron chi connectivity index (χ0n) is 14.9. The van der Waals surface area contributed by atoms with Crippen LogP contribution in [0.5, 0.6) is 0 Å². The number of esters is 1. The number of nitriles is 1. The third kappa shape index (κ3) is 4.96. The second-order valence-corrected chi connectivity index (χ2v) is 6.19. The van der Waals surface area contributed by atoms with Crippen LogP contribution in [0.1, 0.15) is 15.9 Å². The highest BCUT2D eigenvalue weighted by Crippen LogP contribution is 2.28. The van der Waals surface area contributed by atoms with Gasteiger partial charge in [-0.25, -0.2) is 4.79 Å². The maximum absolute atomic E-state index is 12.1. The molecule has 0 bridgehead atoms. The summed E-state index contributed by atoms with van der Waals surface area (Å²) in [4.78, 5) is 36.1. The Hall–Kier alpha value is -3.64. The summed E-state index contributed by atoms with van der Waals surface area (Å²) in [6.07, 6.45) is 0. The van der Waals surface area contributed by atoms with Crippen molar-refractivity contribution in [3.8, 4) is 6.07 Å². The average Bonchev–Trinajstić information content (AvgIpc) is 2.65. The molecule has 0 unspecified atom stereocenters. The van der Waals surface area contributed by atoms with Crippen molar-refractivity contribution in [2.45, 2.75) is 0 Å². The molecule has 0 aromatic heterocycles. The molecule has 1 N–H and O–H groups in total. The van der Waals surface area contributed by atoms with Gasteiger partial charge in [0, 0.05) is 25.8 Å². The maximum atomic E-state index is 12.1. The monoisotopic (exact) mass is 402 g/mol. The van der Waals surface area contributed by atoms with E-state index in [9.17, 15) is 19.7 Å². The van der Waals surface area contributed by atoms with E-state index in [-0.39, 0.29) is 21.8 Å². The van der Waals surface area contributed by atoms with E-state index < -0.39 is 23.4 Å². The van der Waals surface area contributed by atoms with Crippen molar-refractivity contribution in [1.29, 1.82) is 5.26 Å². The summed E-state index contributed by atoms with van der Waals surface area (Å²) in [5.74, 6) is -1.50. The molecule has 2 aromatic carbocycles. The number of nitro benzene ring substituents is 1. The Morgan fingerprint density at radius 3 is 2.57 bits per heavy atom. The van der Waals surface area contributed by atoms with E-state index in [0.717, 1.165) is 6.07 Å². The van der Waals surface area contributed by atoms with Gasteiger partial charge in [-0.1, -0.05) is 11.6 Å². The van der Waals surface area contributed by atoms with Crippen molar-refractivity contribution in [2.24, 2.45) is 0 Å². The molecule has 0 spiro atoms. The predicted octanol–water partition coefficient (Wildman–Crippen LogP) is 2.98. The number of nitrogens with one attached hydrogen (secondary N) is 1. The third-order valence-corrected chi connectivity index (χ3v) is 3.91. The number of carbonyl (C=O) groups is 2. The van der Waals surface area contributed by atoms with Crippen molar-refractivity contribution in [3.63, 3.8) is 0 Å². The standard InChI is InChI=1S/C18H15ClN4O5/c1-22(2)15-6-4-11(7-16(15)23(26)27)18(25)28-10-17(24)21-13-5-3-12(9-20)14(19)8-13/h3-8H,10H2,1-2H3,(H,21,24). The van der Waals surface area contributed by atoms with Crippen LogP contribution in [-0.4, -0.2) is 37.5 Å². The maximum Gasteiger partial charge on any atom is 0.338 e. The first kappa shape index (κ1) is 20.7. The van der Waals surface area contributed by atoms with Gasteiger partial charge in [-0.2, -0.15) is 5.26 Å². The van der Waals surface area contributed by atoms with Crippen LogP contribution in [0.25, 0.3) is 0 Å². The molecule has 28 heavy (non-hydrogen) atoms. The lowest BCUT2D eigenvalue weighted by molar-refractivity contribution is -0.384. The molecular weight excluding hydrogens is 388 g/mol. The fourth-order valence-corrected chi connectivity index (χ4v) is 2.49. The summed E-state index contributed by atoms with van der Waals surface area (Å²) in [6, 6.07) is 10.1. The topological polar surface area (TPSA) is 126 Å². The molecule has 0 radical (unpaired) electrons. The zero-order chi connectivity index (χ0) is 20.8. The number of anilines is 2. The molecule has 0 atom stereocenters. The summed E-state index contributed by atoms with van der Waals surface area (Å²) in [5.41, 5.74) is 0.615. The molecule has 0 fully saturated rings. The lowest BCUT2D eigenvalue weighted by Crippen LogP contribution is -2.21. The van der Waals surface area contributed by atoms with E-state index in [1.54, 1.807) is 19.0 Å². The Labute approximate surface area is 165 Å². The molecule has 0 aliphatic rings. The van der Waals surface area contributed by atoms with Crippen molar-refractivity contribution in [1.82, 2.24) is 0 Å². The minimum Gasteiger partial charge on any atom is -0.452 e. The van der Waals surface area contributed by atoms with E-state index in [4.69, 9.17) is 21.6 Å². The lowest BCUT2D eigenvalue weighted by Gasteiger charge is -2.13. The number of rotatable bonds is 6. The Morgan fingerprint density at radius 2 is 2.00 bits per heavy atom. The number of nitrogens with zero attached hydrogens (tertiary/aromatic N) is 3. The number of halogens is 1. The second-order valence-electron chi connectivity index (χ2n) is 5.79. The zero-order valence-corrected chi connectivity index (χ0v) is 15.7. The molecule has 9 nitrogen and oxygen atoms in total. The fourth-order valence-electron chi connectivity index (χ4n) is 2.27. The van der Waals surface area contributed by atoms with Crippen molar-refractivity contribution in [3.05, 3.63) is 62.7 Å². The number of hydrogen-bond donors (Lipinski definition) is 1. The van der Waals surface area contributed by atoms with Gasteiger partial charge in [-0.3, -0.25) is 14.9 Å². The molecular formula is C18H15ClN4O5. The molecule has 0 aliphatic heterocycles. The van der Waals surface area contributed by atoms with Crippen LogP contribution in [0.2, 0.25) is 5.02 Å². The summed E-state index contributed by atoms with van der Waals surface area (Å²) in [6.45, 7) is -0.598. The van der Waals surface area contributed by atoms with Crippen LogP contribution in [0, 0.1) is 21.4 Å². The molecule has 0 saturated carbocycles. The Bertz CT molecular complexity index is 984. The molecule has 10 heteroatoms. The number of hydrogen-bond acceptors (Lipinski definition) is 7. The van der Waals surface area contributed by atoms with E-state index in [0.29, 0.717) is 11.4 Å². The highest BCUT2D eigenvalue weighted by molar-refractivity contribution is 6.32. The Kier molecular flexibility index (Phi) is 6.52. The van der Waals surface area contributed by atoms with Crippen molar-refractivity contribution in [2.75, 3.05) is 30.9 Å². The van der Waals surface area contributed by atoms with Crippen LogP contribution < -0.4 is 10.2 Å². The first-order valence-corrected chi connectivity index (χ1v) is 8.23. The van der Waals surface area contributed by atoms with Gasteiger partial charge in [0.2, 0.25) is 0 Å². The van der Waals surface area contributed by atoms with E-state index in [2.05, 4.69) is 5.32 Å². The van der Waals surface area contributed by atoms with Gasteiger partial charge in [-0.15, -0.1) is 0 Å². The highest BCUT2D eigenvalue weighted by atomic mass is 35.5. The molecule has 2 aromatic rings. The fraction of sp³-hybridized carbons (Fsp3) is 0.167. The third-order valence-electron chi connectivity index (χ3n) is 3.60. The Balaban J connectivity index is 2.02. The molecule has 1 amide bonds. The summed E-state index contributed by atoms with van der Waals surface area (Å²) in [7, 11) is 3.28. The second kappa shape index (κ2) is 8.83. The van der Waals surface area contributed by atoms with Crippen molar-refractivity contribution < 1.29 is 19.2 Å². The van der Waals surface area contributed by atoms with Gasteiger partial charge in [0.05, 0.1) is 21.1 Å². The minimum absolute atomic E-state index is 0.0495. The van der Waals surface area contributed by atoms with Gasteiger partial charge in [-0.05, 0) is 30.3 Å². The van der Waals surface area contributed by atoms with Crippen LogP contribution >= 0.6 is 11.6 Å². The van der Waals surface area contributed by atoms with Crippen molar-refractivity contribution >= 4 is 40.5 Å². The van der Waals surface area contributed by atoms with E-state index in [1.807, 2.05) is 6.07 Å². The van der Waals surface area contributed by atoms with Gasteiger partial charge >= 0.3 is 5.97 Å². The Morgan fingerprint density at radius 1 is 1.29 bits per heavy atom. The minimum atomic E-state index is -0.874. The van der Waals surface area contributed by atoms with Crippen LogP contribution in [0.15, 0.2) is 36.4 Å². The number of benzene rings is 2. The molecule has 144 valence electrons. The van der Waals surface area contributed by atoms with Crippen LogP contribution in [-0.2, 0) is 9.53 Å². The number of nitro groups is 1. The first-order chi connectivity index (χ1) is 13.2. The summed E-state index contributed by atoms with van der Waals surface area (Å²) < 4.78 is 4.90. The van der Waals surface area contributed by atoms with Gasteiger partial charge < -0.3 is 15.0 Å². The number of amides is 1. The largest absolute Gasteiger partial charge is 0.452 e. The van der Waals surface area contributed by atoms with Gasteiger partial charge in [0.15, 0.2) is 6.61 Å². The van der Waals surface area contributed by atoms with Gasteiger partial charge in [0.25, 0.3) is 11.6 Å². The quantitative estimate of drug-likeness (QED) is 0.447. The summed E-state index contributed by atoms with van der Waals surface area (Å²) in [5, 5.41) is 22.6. The molecule has 0 heterocycles. The van der Waals surface area contributed by atoms with Crippen LogP contribution in [0.3, 0.4) is 0 Å². The lowest BCUT2D eigenvalue weighted by atomic mass is 10.1.